The maximum absolute atomic E-state index is 10.9. The lowest BCUT2D eigenvalue weighted by Crippen LogP contribution is -2.33. The molecule has 0 bridgehead atoms. The number of carbonyl (C=O) groups is 1. The van der Waals surface area contributed by atoms with E-state index in [1.165, 1.54) is 0 Å². The molecule has 0 aliphatic carbocycles. The quantitative estimate of drug-likeness (QED) is 0.619. The average molecular weight is 240 g/mol. The highest BCUT2D eigenvalue weighted by atomic mass is 16.5. The van der Waals surface area contributed by atoms with Crippen molar-refractivity contribution >= 4 is 17.8 Å². The molecule has 1 unspecified atom stereocenters. The maximum Gasteiger partial charge on any atom is 0.323 e. The van der Waals surface area contributed by atoms with Crippen molar-refractivity contribution in [1.29, 1.82) is 0 Å². The summed E-state index contributed by atoms with van der Waals surface area (Å²) in [4.78, 5) is 22.9. The van der Waals surface area contributed by atoms with Crippen LogP contribution < -0.4 is 21.1 Å². The van der Waals surface area contributed by atoms with Crippen LogP contribution in [0.5, 0.6) is 6.01 Å². The van der Waals surface area contributed by atoms with Crippen LogP contribution in [0.15, 0.2) is 0 Å². The molecule has 0 aliphatic heterocycles. The van der Waals surface area contributed by atoms with E-state index in [1.54, 1.807) is 14.0 Å². The minimum Gasteiger partial charge on any atom is -0.464 e. The highest BCUT2D eigenvalue weighted by molar-refractivity contribution is 5.81. The monoisotopic (exact) mass is 240 g/mol. The van der Waals surface area contributed by atoms with Gasteiger partial charge < -0.3 is 21.1 Å². The smallest absolute Gasteiger partial charge is 0.323 e. The lowest BCUT2D eigenvalue weighted by molar-refractivity contribution is -0.118. The molecule has 94 valence electrons. The van der Waals surface area contributed by atoms with Crippen LogP contribution in [0.4, 0.5) is 11.9 Å². The molecule has 1 amide bonds. The Morgan fingerprint density at radius 2 is 2.06 bits per heavy atom. The second kappa shape index (κ2) is 5.83. The van der Waals surface area contributed by atoms with Gasteiger partial charge in [-0.3, -0.25) is 4.79 Å². The van der Waals surface area contributed by atoms with Crippen LogP contribution in [0, 0.1) is 0 Å². The number of rotatable bonds is 6. The van der Waals surface area contributed by atoms with Gasteiger partial charge in [-0.1, -0.05) is 0 Å². The van der Waals surface area contributed by atoms with Gasteiger partial charge in [0.15, 0.2) is 0 Å². The van der Waals surface area contributed by atoms with Gasteiger partial charge in [0.05, 0.1) is 6.61 Å². The first-order valence-electron chi connectivity index (χ1n) is 5.19. The molecule has 17 heavy (non-hydrogen) atoms. The van der Waals surface area contributed by atoms with Crippen LogP contribution in [-0.4, -0.2) is 40.6 Å². The van der Waals surface area contributed by atoms with Crippen molar-refractivity contribution < 1.29 is 9.53 Å². The van der Waals surface area contributed by atoms with Gasteiger partial charge in [-0.05, 0) is 13.8 Å². The largest absolute Gasteiger partial charge is 0.464 e. The fraction of sp³-hybridized carbons (Fsp3) is 0.556. The molecule has 1 aromatic rings. The first-order valence-corrected chi connectivity index (χ1v) is 5.19. The zero-order valence-corrected chi connectivity index (χ0v) is 10.0. The fourth-order valence-corrected chi connectivity index (χ4v) is 0.991. The minimum absolute atomic E-state index is 0.186. The summed E-state index contributed by atoms with van der Waals surface area (Å²) in [5.41, 5.74) is 5.13. The molecule has 1 atom stereocenters. The Morgan fingerprint density at radius 3 is 2.59 bits per heavy atom. The predicted octanol–water partition coefficient (Wildman–Crippen LogP) is -0.402. The Labute approximate surface area is 99.0 Å². The number of hydrogen-bond donors (Lipinski definition) is 3. The van der Waals surface area contributed by atoms with Crippen LogP contribution >= 0.6 is 0 Å². The molecular formula is C9H16N6O2. The standard InChI is InChI=1S/C9H16N6O2/c1-4-17-9-14-7(11-3)13-8(15-9)12-5(2)6(10)16/h5H,4H2,1-3H3,(H2,10,16)(H2,11,12,13,14,15). The van der Waals surface area contributed by atoms with Crippen LogP contribution in [0.3, 0.4) is 0 Å². The summed E-state index contributed by atoms with van der Waals surface area (Å²) in [6.07, 6.45) is 0. The molecule has 1 aromatic heterocycles. The number of ether oxygens (including phenoxy) is 1. The summed E-state index contributed by atoms with van der Waals surface area (Å²) < 4.78 is 5.17. The van der Waals surface area contributed by atoms with E-state index in [0.717, 1.165) is 0 Å². The zero-order chi connectivity index (χ0) is 12.8. The lowest BCUT2D eigenvalue weighted by atomic mass is 10.3. The number of anilines is 2. The van der Waals surface area contributed by atoms with Gasteiger partial charge >= 0.3 is 6.01 Å². The van der Waals surface area contributed by atoms with Gasteiger partial charge in [-0.2, -0.15) is 15.0 Å². The Balaban J connectivity index is 2.90. The lowest BCUT2D eigenvalue weighted by Gasteiger charge is -2.11. The molecule has 0 spiro atoms. The number of hydrogen-bond acceptors (Lipinski definition) is 7. The van der Waals surface area contributed by atoms with Crippen molar-refractivity contribution in [3.05, 3.63) is 0 Å². The molecule has 0 radical (unpaired) electrons. The van der Waals surface area contributed by atoms with Crippen LogP contribution in [0.1, 0.15) is 13.8 Å². The summed E-state index contributed by atoms with van der Waals surface area (Å²) in [5.74, 6) is 0.0936. The van der Waals surface area contributed by atoms with Crippen molar-refractivity contribution in [3.8, 4) is 6.01 Å². The van der Waals surface area contributed by atoms with Crippen LogP contribution in [-0.2, 0) is 4.79 Å². The van der Waals surface area contributed by atoms with Gasteiger partial charge in [0.25, 0.3) is 0 Å². The highest BCUT2D eigenvalue weighted by Crippen LogP contribution is 2.11. The number of primary amides is 1. The number of nitrogens with one attached hydrogen (secondary N) is 2. The SMILES string of the molecule is CCOc1nc(NC)nc(NC(C)C(N)=O)n1. The maximum atomic E-state index is 10.9. The molecule has 4 N–H and O–H groups in total. The van der Waals surface area contributed by atoms with Crippen molar-refractivity contribution in [2.45, 2.75) is 19.9 Å². The number of nitrogens with zero attached hydrogens (tertiary/aromatic N) is 3. The molecule has 8 heteroatoms. The van der Waals surface area contributed by atoms with E-state index in [9.17, 15) is 4.79 Å². The number of carbonyl (C=O) groups excluding carboxylic acids is 1. The molecule has 0 saturated heterocycles. The third-order valence-electron chi connectivity index (χ3n) is 1.88. The molecule has 0 fully saturated rings. The summed E-state index contributed by atoms with van der Waals surface area (Å²) in [6.45, 7) is 3.88. The van der Waals surface area contributed by atoms with Crippen molar-refractivity contribution in [2.24, 2.45) is 5.73 Å². The Bertz CT molecular complexity index is 397. The minimum atomic E-state index is -0.573. The van der Waals surface area contributed by atoms with Crippen LogP contribution in [0.2, 0.25) is 0 Å². The second-order valence-electron chi connectivity index (χ2n) is 3.22. The number of aromatic nitrogens is 3. The topological polar surface area (TPSA) is 115 Å². The molecule has 0 aromatic carbocycles. The second-order valence-corrected chi connectivity index (χ2v) is 3.22. The van der Waals surface area contributed by atoms with E-state index >= 15 is 0 Å². The molecule has 8 nitrogen and oxygen atoms in total. The number of nitrogens with two attached hydrogens (primary N) is 1. The molecule has 1 heterocycles. The molecular weight excluding hydrogens is 224 g/mol. The van der Waals surface area contributed by atoms with Gasteiger partial charge in [0.2, 0.25) is 17.8 Å². The van der Waals surface area contributed by atoms with Gasteiger partial charge in [0.1, 0.15) is 6.04 Å². The first-order chi connectivity index (χ1) is 8.06. The Kier molecular flexibility index (Phi) is 4.44. The van der Waals surface area contributed by atoms with Gasteiger partial charge in [0, 0.05) is 7.05 Å². The first kappa shape index (κ1) is 12.9. The summed E-state index contributed by atoms with van der Waals surface area (Å²) in [6, 6.07) is -0.386. The fourth-order valence-electron chi connectivity index (χ4n) is 0.991. The van der Waals surface area contributed by atoms with Crippen molar-refractivity contribution in [1.82, 2.24) is 15.0 Å². The van der Waals surface area contributed by atoms with E-state index in [0.29, 0.717) is 12.6 Å². The molecule has 0 saturated carbocycles. The van der Waals surface area contributed by atoms with E-state index < -0.39 is 11.9 Å². The highest BCUT2D eigenvalue weighted by Gasteiger charge is 2.12. The van der Waals surface area contributed by atoms with Crippen LogP contribution in [0.25, 0.3) is 0 Å². The average Bonchev–Trinajstić information content (AvgIpc) is 2.28. The van der Waals surface area contributed by atoms with E-state index in [2.05, 4.69) is 25.6 Å². The van der Waals surface area contributed by atoms with E-state index in [1.807, 2.05) is 6.92 Å². The van der Waals surface area contributed by atoms with Crippen molar-refractivity contribution in [3.63, 3.8) is 0 Å². The predicted molar refractivity (Wildman–Crippen MR) is 62.8 cm³/mol. The Hall–Kier alpha value is -2.12. The third kappa shape index (κ3) is 3.74. The summed E-state index contributed by atoms with van der Waals surface area (Å²) >= 11 is 0. The van der Waals surface area contributed by atoms with E-state index in [-0.39, 0.29) is 12.0 Å². The summed E-state index contributed by atoms with van der Waals surface area (Å²) in [5, 5.41) is 5.53. The Morgan fingerprint density at radius 1 is 1.41 bits per heavy atom. The molecule has 0 aliphatic rings. The van der Waals surface area contributed by atoms with Gasteiger partial charge in [-0.15, -0.1) is 0 Å². The number of amides is 1. The molecule has 1 rings (SSSR count). The van der Waals surface area contributed by atoms with E-state index in [4.69, 9.17) is 10.5 Å². The summed E-state index contributed by atoms with van der Waals surface area (Å²) in [7, 11) is 1.67. The van der Waals surface area contributed by atoms with Gasteiger partial charge in [-0.25, -0.2) is 0 Å². The normalized spacial score (nSPS) is 11.7. The third-order valence-corrected chi connectivity index (χ3v) is 1.88. The van der Waals surface area contributed by atoms with Crippen molar-refractivity contribution in [2.75, 3.05) is 24.3 Å². The zero-order valence-electron chi connectivity index (χ0n) is 10.0.